The highest BCUT2D eigenvalue weighted by Crippen LogP contribution is 2.28. The van der Waals surface area contributed by atoms with Crippen molar-refractivity contribution in [2.75, 3.05) is 33.3 Å². The summed E-state index contributed by atoms with van der Waals surface area (Å²) in [4.78, 5) is 16.7. The van der Waals surface area contributed by atoms with Gasteiger partial charge in [0.1, 0.15) is 6.10 Å². The molecule has 2 amide bonds. The molecule has 1 unspecified atom stereocenters. The smallest absolute Gasteiger partial charge is 0.317 e. The molecule has 0 spiro atoms. The fourth-order valence-electron chi connectivity index (χ4n) is 4.04. The van der Waals surface area contributed by atoms with Gasteiger partial charge in [0.2, 0.25) is 0 Å². The normalized spacial score (nSPS) is 21.0. The number of carbonyl (C=O) groups excluding carboxylic acids is 1. The largest absolute Gasteiger partial charge is 0.493 e. The topological polar surface area (TPSA) is 54.0 Å². The van der Waals surface area contributed by atoms with E-state index in [4.69, 9.17) is 9.47 Å². The Morgan fingerprint density at radius 2 is 1.96 bits per heavy atom. The number of nitrogens with one attached hydrogen (secondary N) is 1. The zero-order valence-electron chi connectivity index (χ0n) is 16.8. The number of benzene rings is 1. The predicted octanol–water partition coefficient (Wildman–Crippen LogP) is 3.12. The van der Waals surface area contributed by atoms with Gasteiger partial charge in [-0.15, -0.1) is 0 Å². The highest BCUT2D eigenvalue weighted by Gasteiger charge is 2.33. The molecule has 3 rings (SSSR count). The molecule has 2 heterocycles. The molecule has 2 aliphatic rings. The van der Waals surface area contributed by atoms with Crippen LogP contribution in [0.15, 0.2) is 24.3 Å². The Bertz CT molecular complexity index is 616. The first-order valence-electron chi connectivity index (χ1n) is 10.2. The first-order chi connectivity index (χ1) is 13.1. The van der Waals surface area contributed by atoms with Crippen LogP contribution in [0.25, 0.3) is 0 Å². The number of carbonyl (C=O) groups is 1. The van der Waals surface area contributed by atoms with Crippen molar-refractivity contribution in [3.05, 3.63) is 24.3 Å². The minimum absolute atomic E-state index is 0.0155. The fraction of sp³-hybridized carbons (Fsp3) is 0.667. The summed E-state index contributed by atoms with van der Waals surface area (Å²) in [5.74, 6) is 1.46. The van der Waals surface area contributed by atoms with Crippen molar-refractivity contribution >= 4 is 6.03 Å². The molecule has 0 radical (unpaired) electrons. The van der Waals surface area contributed by atoms with Crippen molar-refractivity contribution in [1.82, 2.24) is 15.1 Å². The second kappa shape index (κ2) is 9.31. The predicted molar refractivity (Wildman–Crippen MR) is 106 cm³/mol. The number of hydrogen-bond donors (Lipinski definition) is 1. The van der Waals surface area contributed by atoms with Crippen LogP contribution in [0, 0.1) is 0 Å². The highest BCUT2D eigenvalue weighted by atomic mass is 16.5. The second-order valence-electron chi connectivity index (χ2n) is 7.80. The van der Waals surface area contributed by atoms with Gasteiger partial charge in [-0.1, -0.05) is 18.6 Å². The van der Waals surface area contributed by atoms with Gasteiger partial charge in [-0.25, -0.2) is 4.79 Å². The molecule has 6 nitrogen and oxygen atoms in total. The van der Waals surface area contributed by atoms with Crippen LogP contribution in [0.5, 0.6) is 11.5 Å². The average molecular weight is 376 g/mol. The second-order valence-corrected chi connectivity index (χ2v) is 7.80. The van der Waals surface area contributed by atoms with Gasteiger partial charge < -0.3 is 19.7 Å². The Balaban J connectivity index is 1.37. The Morgan fingerprint density at radius 1 is 1.22 bits per heavy atom. The Labute approximate surface area is 162 Å². The van der Waals surface area contributed by atoms with E-state index in [0.29, 0.717) is 25.2 Å². The van der Waals surface area contributed by atoms with E-state index >= 15 is 0 Å². The summed E-state index contributed by atoms with van der Waals surface area (Å²) in [6.07, 6.45) is 4.89. The average Bonchev–Trinajstić information content (AvgIpc) is 2.64. The number of hydrogen-bond acceptors (Lipinski definition) is 4. The van der Waals surface area contributed by atoms with E-state index in [9.17, 15) is 4.79 Å². The zero-order valence-corrected chi connectivity index (χ0v) is 16.8. The number of amides is 2. The zero-order chi connectivity index (χ0) is 19.2. The van der Waals surface area contributed by atoms with E-state index < -0.39 is 0 Å². The van der Waals surface area contributed by atoms with Gasteiger partial charge in [-0.3, -0.25) is 4.90 Å². The third-order valence-corrected chi connectivity index (χ3v) is 5.59. The molecule has 0 bridgehead atoms. The number of para-hydroxylation sites is 2. The lowest BCUT2D eigenvalue weighted by atomic mass is 9.98. The molecule has 6 heteroatoms. The Morgan fingerprint density at radius 3 is 2.67 bits per heavy atom. The maximum atomic E-state index is 12.3. The van der Waals surface area contributed by atoms with Crippen LogP contribution in [0.1, 0.15) is 39.5 Å². The van der Waals surface area contributed by atoms with E-state index in [-0.39, 0.29) is 12.1 Å². The minimum Gasteiger partial charge on any atom is -0.493 e. The Kier molecular flexibility index (Phi) is 6.83. The number of urea groups is 1. The summed E-state index contributed by atoms with van der Waals surface area (Å²) in [6.45, 7) is 7.68. The van der Waals surface area contributed by atoms with Crippen molar-refractivity contribution in [2.24, 2.45) is 0 Å². The standard InChI is InChI=1S/C21H33N3O3/c1-16(2)24-13-7-6-8-17(24)11-12-22-21(25)23-14-18(15-23)27-20-10-5-4-9-19(20)26-3/h4-5,9-10,16-18H,6-8,11-15H2,1-3H3,(H,22,25). The summed E-state index contributed by atoms with van der Waals surface area (Å²) >= 11 is 0. The lowest BCUT2D eigenvalue weighted by molar-refractivity contribution is 0.0422. The van der Waals surface area contributed by atoms with Gasteiger partial charge >= 0.3 is 6.03 Å². The number of rotatable bonds is 7. The van der Waals surface area contributed by atoms with E-state index in [1.807, 2.05) is 24.3 Å². The molecule has 150 valence electrons. The monoisotopic (exact) mass is 375 g/mol. The SMILES string of the molecule is COc1ccccc1OC1CN(C(=O)NCCC2CCCCN2C(C)C)C1. The van der Waals surface area contributed by atoms with Gasteiger partial charge in [-0.05, 0) is 51.8 Å². The molecule has 1 aromatic carbocycles. The lowest BCUT2D eigenvalue weighted by Gasteiger charge is -2.40. The third-order valence-electron chi connectivity index (χ3n) is 5.59. The van der Waals surface area contributed by atoms with Crippen LogP contribution >= 0.6 is 0 Å². The number of likely N-dealkylation sites (tertiary alicyclic amines) is 2. The number of methoxy groups -OCH3 is 1. The van der Waals surface area contributed by atoms with Crippen LogP contribution in [0.4, 0.5) is 4.79 Å². The molecule has 0 saturated carbocycles. The van der Waals surface area contributed by atoms with Crippen molar-refractivity contribution in [2.45, 2.75) is 57.7 Å². The number of piperidine rings is 1. The van der Waals surface area contributed by atoms with Crippen LogP contribution in [-0.2, 0) is 0 Å². The van der Waals surface area contributed by atoms with Crippen molar-refractivity contribution < 1.29 is 14.3 Å². The van der Waals surface area contributed by atoms with Gasteiger partial charge in [0.25, 0.3) is 0 Å². The fourth-order valence-corrected chi connectivity index (χ4v) is 4.04. The van der Waals surface area contributed by atoms with E-state index in [0.717, 1.165) is 24.5 Å². The van der Waals surface area contributed by atoms with Crippen LogP contribution in [0.2, 0.25) is 0 Å². The third kappa shape index (κ3) is 5.06. The molecule has 0 aromatic heterocycles. The molecule has 2 saturated heterocycles. The van der Waals surface area contributed by atoms with Crippen LogP contribution in [0.3, 0.4) is 0 Å². The molecule has 0 aliphatic carbocycles. The van der Waals surface area contributed by atoms with Crippen LogP contribution in [-0.4, -0.2) is 67.3 Å². The van der Waals surface area contributed by atoms with Crippen molar-refractivity contribution in [1.29, 1.82) is 0 Å². The highest BCUT2D eigenvalue weighted by molar-refractivity contribution is 5.75. The summed E-state index contributed by atoms with van der Waals surface area (Å²) < 4.78 is 11.2. The maximum Gasteiger partial charge on any atom is 0.317 e. The van der Waals surface area contributed by atoms with E-state index in [2.05, 4.69) is 24.1 Å². The summed E-state index contributed by atoms with van der Waals surface area (Å²) in [5, 5.41) is 3.08. The molecule has 1 atom stereocenters. The maximum absolute atomic E-state index is 12.3. The van der Waals surface area contributed by atoms with Gasteiger partial charge in [-0.2, -0.15) is 0 Å². The number of nitrogens with zero attached hydrogens (tertiary/aromatic N) is 2. The lowest BCUT2D eigenvalue weighted by Crippen LogP contribution is -2.59. The Hall–Kier alpha value is -1.95. The molecular formula is C21H33N3O3. The van der Waals surface area contributed by atoms with Crippen LogP contribution < -0.4 is 14.8 Å². The van der Waals surface area contributed by atoms with Gasteiger partial charge in [0, 0.05) is 18.6 Å². The minimum atomic E-state index is 0.0155. The molecule has 27 heavy (non-hydrogen) atoms. The summed E-state index contributed by atoms with van der Waals surface area (Å²) in [7, 11) is 1.63. The number of ether oxygens (including phenoxy) is 2. The molecule has 1 N–H and O–H groups in total. The quantitative estimate of drug-likeness (QED) is 0.796. The van der Waals surface area contributed by atoms with E-state index in [1.54, 1.807) is 12.0 Å². The first-order valence-corrected chi connectivity index (χ1v) is 10.2. The van der Waals surface area contributed by atoms with E-state index in [1.165, 1.54) is 25.8 Å². The van der Waals surface area contributed by atoms with Crippen molar-refractivity contribution in [3.63, 3.8) is 0 Å². The van der Waals surface area contributed by atoms with Gasteiger partial charge in [0.05, 0.1) is 20.2 Å². The van der Waals surface area contributed by atoms with Crippen molar-refractivity contribution in [3.8, 4) is 11.5 Å². The van der Waals surface area contributed by atoms with Gasteiger partial charge in [0.15, 0.2) is 11.5 Å². The molecule has 2 aliphatic heterocycles. The summed E-state index contributed by atoms with van der Waals surface area (Å²) in [6, 6.07) is 8.80. The molecule has 1 aromatic rings. The molecular weight excluding hydrogens is 342 g/mol. The molecule has 2 fully saturated rings. The first kappa shape index (κ1) is 19.8. The summed E-state index contributed by atoms with van der Waals surface area (Å²) in [5.41, 5.74) is 0.